The van der Waals surface area contributed by atoms with Crippen molar-refractivity contribution >= 4 is 5.97 Å². The molecule has 3 nitrogen and oxygen atoms in total. The van der Waals surface area contributed by atoms with E-state index in [0.29, 0.717) is 24.1 Å². The quantitative estimate of drug-likeness (QED) is 0.912. The highest BCUT2D eigenvalue weighted by atomic mass is 19.1. The van der Waals surface area contributed by atoms with Crippen LogP contribution in [0.15, 0.2) is 18.2 Å². The zero-order valence-corrected chi connectivity index (χ0v) is 11.4. The number of halogens is 1. The molecule has 19 heavy (non-hydrogen) atoms. The van der Waals surface area contributed by atoms with Gasteiger partial charge in [-0.3, -0.25) is 4.90 Å². The van der Waals surface area contributed by atoms with Gasteiger partial charge in [0.15, 0.2) is 0 Å². The number of benzene rings is 1. The minimum atomic E-state index is -1.06. The molecule has 1 aliphatic heterocycles. The monoisotopic (exact) mass is 265 g/mol. The van der Waals surface area contributed by atoms with Crippen LogP contribution in [0, 0.1) is 11.7 Å². The van der Waals surface area contributed by atoms with Crippen molar-refractivity contribution in [2.45, 2.75) is 39.3 Å². The summed E-state index contributed by atoms with van der Waals surface area (Å²) in [6.45, 7) is 5.92. The highest BCUT2D eigenvalue weighted by Crippen LogP contribution is 2.24. The summed E-state index contributed by atoms with van der Waals surface area (Å²) in [4.78, 5) is 13.5. The van der Waals surface area contributed by atoms with E-state index in [1.165, 1.54) is 12.5 Å². The fourth-order valence-corrected chi connectivity index (χ4v) is 2.70. The number of carboxylic acids is 1. The van der Waals surface area contributed by atoms with E-state index < -0.39 is 11.8 Å². The zero-order valence-electron chi connectivity index (χ0n) is 11.4. The number of likely N-dealkylation sites (tertiary alicyclic amines) is 1. The zero-order chi connectivity index (χ0) is 14.0. The Morgan fingerprint density at radius 1 is 1.42 bits per heavy atom. The summed E-state index contributed by atoms with van der Waals surface area (Å²) in [6, 6.07) is 4.48. The van der Waals surface area contributed by atoms with Gasteiger partial charge in [-0.25, -0.2) is 9.18 Å². The topological polar surface area (TPSA) is 40.5 Å². The van der Waals surface area contributed by atoms with E-state index in [0.717, 1.165) is 19.0 Å². The van der Waals surface area contributed by atoms with Crippen molar-refractivity contribution in [3.63, 3.8) is 0 Å². The van der Waals surface area contributed by atoms with Crippen LogP contribution in [0.3, 0.4) is 0 Å². The first kappa shape index (κ1) is 14.0. The maximum Gasteiger partial charge on any atom is 0.336 e. The molecule has 1 aromatic rings. The number of rotatable bonds is 3. The molecule has 1 heterocycles. The van der Waals surface area contributed by atoms with Gasteiger partial charge in [0.1, 0.15) is 5.82 Å². The van der Waals surface area contributed by atoms with Crippen LogP contribution in [0.5, 0.6) is 0 Å². The Balaban J connectivity index is 2.20. The van der Waals surface area contributed by atoms with Gasteiger partial charge in [-0.2, -0.15) is 0 Å². The molecular weight excluding hydrogens is 245 g/mol. The molecule has 0 radical (unpaired) electrons. The van der Waals surface area contributed by atoms with Crippen molar-refractivity contribution in [3.8, 4) is 0 Å². The standard InChI is InChI=1S/C15H20FNO2/c1-10-3-4-11(2)17(8-10)9-12-5-6-13(16)7-14(12)15(18)19/h5-7,10-11H,3-4,8-9H2,1-2H3,(H,18,19). The number of carboxylic acid groups (broad SMARTS) is 1. The summed E-state index contributed by atoms with van der Waals surface area (Å²) in [5.74, 6) is -0.932. The van der Waals surface area contributed by atoms with Crippen molar-refractivity contribution in [2.24, 2.45) is 5.92 Å². The lowest BCUT2D eigenvalue weighted by molar-refractivity contribution is 0.0690. The van der Waals surface area contributed by atoms with Gasteiger partial charge in [-0.1, -0.05) is 13.0 Å². The molecule has 0 amide bonds. The largest absolute Gasteiger partial charge is 0.478 e. The minimum Gasteiger partial charge on any atom is -0.478 e. The molecule has 4 heteroatoms. The number of nitrogens with zero attached hydrogens (tertiary/aromatic N) is 1. The first-order chi connectivity index (χ1) is 8.97. The van der Waals surface area contributed by atoms with E-state index >= 15 is 0 Å². The van der Waals surface area contributed by atoms with Gasteiger partial charge in [0, 0.05) is 19.1 Å². The van der Waals surface area contributed by atoms with E-state index in [4.69, 9.17) is 5.11 Å². The first-order valence-electron chi connectivity index (χ1n) is 6.73. The molecule has 1 N–H and O–H groups in total. The summed E-state index contributed by atoms with van der Waals surface area (Å²) in [5.41, 5.74) is 0.764. The highest BCUT2D eigenvalue weighted by molar-refractivity contribution is 5.89. The lowest BCUT2D eigenvalue weighted by Gasteiger charge is -2.37. The fourth-order valence-electron chi connectivity index (χ4n) is 2.70. The Kier molecular flexibility index (Phi) is 4.20. The third-order valence-electron chi connectivity index (χ3n) is 3.92. The summed E-state index contributed by atoms with van der Waals surface area (Å²) >= 11 is 0. The fraction of sp³-hybridized carbons (Fsp3) is 0.533. The van der Waals surface area contributed by atoms with Crippen LogP contribution in [0.2, 0.25) is 0 Å². The minimum absolute atomic E-state index is 0.0745. The molecule has 1 fully saturated rings. The molecule has 2 unspecified atom stereocenters. The molecule has 0 saturated carbocycles. The van der Waals surface area contributed by atoms with Gasteiger partial charge in [0.25, 0.3) is 0 Å². The molecule has 2 atom stereocenters. The van der Waals surface area contributed by atoms with Crippen LogP contribution in [0.25, 0.3) is 0 Å². The van der Waals surface area contributed by atoms with E-state index in [1.54, 1.807) is 6.07 Å². The molecule has 1 aromatic carbocycles. The number of carbonyl (C=O) groups is 1. The van der Waals surface area contributed by atoms with E-state index in [2.05, 4.69) is 18.7 Å². The molecule has 0 aromatic heterocycles. The van der Waals surface area contributed by atoms with Crippen molar-refractivity contribution in [1.29, 1.82) is 0 Å². The molecule has 1 aliphatic rings. The van der Waals surface area contributed by atoms with Gasteiger partial charge in [-0.05, 0) is 43.4 Å². The van der Waals surface area contributed by atoms with Crippen molar-refractivity contribution < 1.29 is 14.3 Å². The second-order valence-corrected chi connectivity index (χ2v) is 5.57. The van der Waals surface area contributed by atoms with Gasteiger partial charge < -0.3 is 5.11 Å². The van der Waals surface area contributed by atoms with Crippen molar-refractivity contribution in [1.82, 2.24) is 4.90 Å². The van der Waals surface area contributed by atoms with Crippen LogP contribution in [-0.4, -0.2) is 28.6 Å². The van der Waals surface area contributed by atoms with Gasteiger partial charge in [0.05, 0.1) is 5.56 Å². The van der Waals surface area contributed by atoms with Crippen LogP contribution in [0.1, 0.15) is 42.6 Å². The molecule has 1 saturated heterocycles. The van der Waals surface area contributed by atoms with Crippen LogP contribution in [-0.2, 0) is 6.54 Å². The summed E-state index contributed by atoms with van der Waals surface area (Å²) < 4.78 is 13.1. The first-order valence-corrected chi connectivity index (χ1v) is 6.73. The Morgan fingerprint density at radius 3 is 2.84 bits per heavy atom. The Bertz CT molecular complexity index is 475. The summed E-state index contributed by atoms with van der Waals surface area (Å²) in [6.07, 6.45) is 2.34. The number of piperidine rings is 1. The molecule has 104 valence electrons. The maximum absolute atomic E-state index is 13.1. The lowest BCUT2D eigenvalue weighted by atomic mass is 9.94. The lowest BCUT2D eigenvalue weighted by Crippen LogP contribution is -2.40. The molecule has 2 rings (SSSR count). The van der Waals surface area contributed by atoms with Crippen molar-refractivity contribution in [2.75, 3.05) is 6.54 Å². The van der Waals surface area contributed by atoms with Gasteiger partial charge in [0.2, 0.25) is 0 Å². The van der Waals surface area contributed by atoms with E-state index in [-0.39, 0.29) is 5.56 Å². The smallest absolute Gasteiger partial charge is 0.336 e. The number of aromatic carboxylic acids is 1. The molecule has 0 spiro atoms. The number of hydrogen-bond acceptors (Lipinski definition) is 2. The normalized spacial score (nSPS) is 24.4. The van der Waals surface area contributed by atoms with E-state index in [1.807, 2.05) is 0 Å². The summed E-state index contributed by atoms with van der Waals surface area (Å²) in [7, 11) is 0. The van der Waals surface area contributed by atoms with Crippen molar-refractivity contribution in [3.05, 3.63) is 35.1 Å². The third-order valence-corrected chi connectivity index (χ3v) is 3.92. The second-order valence-electron chi connectivity index (χ2n) is 5.57. The number of hydrogen-bond donors (Lipinski definition) is 1. The Morgan fingerprint density at radius 2 is 2.16 bits per heavy atom. The maximum atomic E-state index is 13.1. The second kappa shape index (κ2) is 5.70. The van der Waals surface area contributed by atoms with Crippen LogP contribution in [0.4, 0.5) is 4.39 Å². The third kappa shape index (κ3) is 3.32. The Hall–Kier alpha value is -1.42. The highest BCUT2D eigenvalue weighted by Gasteiger charge is 2.24. The predicted octanol–water partition coefficient (Wildman–Crippen LogP) is 3.14. The Labute approximate surface area is 113 Å². The summed E-state index contributed by atoms with van der Waals surface area (Å²) in [5, 5.41) is 9.15. The average Bonchev–Trinajstić information content (AvgIpc) is 2.35. The van der Waals surface area contributed by atoms with Crippen LogP contribution >= 0.6 is 0 Å². The predicted molar refractivity (Wildman–Crippen MR) is 71.6 cm³/mol. The molecule has 0 aliphatic carbocycles. The van der Waals surface area contributed by atoms with Gasteiger partial charge >= 0.3 is 5.97 Å². The van der Waals surface area contributed by atoms with Crippen LogP contribution < -0.4 is 0 Å². The molecule has 0 bridgehead atoms. The van der Waals surface area contributed by atoms with Gasteiger partial charge in [-0.15, -0.1) is 0 Å². The van der Waals surface area contributed by atoms with E-state index in [9.17, 15) is 9.18 Å². The molecular formula is C15H20FNO2. The SMILES string of the molecule is CC1CCC(C)N(Cc2ccc(F)cc2C(=O)O)C1. The average molecular weight is 265 g/mol.